The standard InChI is InChI=1S/C26H32N6OS/c1-16-8-11-19(12-9-16)22-23(29-26(4,5)6)32-24(28-22)34-25(30-32)31(7)15-21(33)27-20-13-10-17(2)14-18(20)3/h8-14,29H,15H2,1-7H3,(H,27,33). The average Bonchev–Trinajstić information content (AvgIpc) is 3.29. The fraction of sp³-hybridized carbons (Fsp3) is 0.346. The van der Waals surface area contributed by atoms with Crippen molar-refractivity contribution in [2.75, 3.05) is 29.1 Å². The van der Waals surface area contributed by atoms with E-state index in [0.29, 0.717) is 0 Å². The molecule has 0 aliphatic rings. The van der Waals surface area contributed by atoms with Crippen LogP contribution in [0.1, 0.15) is 37.5 Å². The minimum Gasteiger partial charge on any atom is -0.364 e. The Hall–Kier alpha value is -3.39. The van der Waals surface area contributed by atoms with Crippen molar-refractivity contribution in [1.82, 2.24) is 14.6 Å². The molecule has 1 amide bonds. The van der Waals surface area contributed by atoms with E-state index in [2.05, 4.69) is 68.7 Å². The lowest BCUT2D eigenvalue weighted by Gasteiger charge is -2.22. The van der Waals surface area contributed by atoms with Gasteiger partial charge in [-0.15, -0.1) is 5.10 Å². The third kappa shape index (κ3) is 5.22. The molecule has 0 saturated heterocycles. The highest BCUT2D eigenvalue weighted by atomic mass is 32.1. The molecule has 0 bridgehead atoms. The molecule has 2 N–H and O–H groups in total. The van der Waals surface area contributed by atoms with Crippen LogP contribution in [0.2, 0.25) is 0 Å². The number of aromatic nitrogens is 3. The lowest BCUT2D eigenvalue weighted by molar-refractivity contribution is -0.114. The summed E-state index contributed by atoms with van der Waals surface area (Å²) in [7, 11) is 1.87. The van der Waals surface area contributed by atoms with Gasteiger partial charge in [0.25, 0.3) is 0 Å². The van der Waals surface area contributed by atoms with Gasteiger partial charge in [-0.3, -0.25) is 4.79 Å². The summed E-state index contributed by atoms with van der Waals surface area (Å²) in [6.07, 6.45) is 0. The van der Waals surface area contributed by atoms with Crippen molar-refractivity contribution in [3.05, 3.63) is 59.2 Å². The number of likely N-dealkylation sites (N-methyl/N-ethyl adjacent to an activating group) is 1. The summed E-state index contributed by atoms with van der Waals surface area (Å²) >= 11 is 1.46. The predicted molar refractivity (Wildman–Crippen MR) is 142 cm³/mol. The monoisotopic (exact) mass is 476 g/mol. The Balaban J connectivity index is 1.59. The zero-order chi connectivity index (χ0) is 24.6. The van der Waals surface area contributed by atoms with E-state index in [-0.39, 0.29) is 18.0 Å². The number of rotatable bonds is 6. The molecule has 0 unspecified atom stereocenters. The second-order valence-corrected chi connectivity index (χ2v) is 10.8. The van der Waals surface area contributed by atoms with Gasteiger partial charge in [0.15, 0.2) is 5.82 Å². The van der Waals surface area contributed by atoms with Gasteiger partial charge in [0.05, 0.1) is 6.54 Å². The number of aryl methyl sites for hydroxylation is 3. The highest BCUT2D eigenvalue weighted by molar-refractivity contribution is 7.20. The third-order valence-electron chi connectivity index (χ3n) is 5.37. The van der Waals surface area contributed by atoms with Crippen LogP contribution in [-0.2, 0) is 4.79 Å². The Morgan fingerprint density at radius 1 is 1.06 bits per heavy atom. The van der Waals surface area contributed by atoms with E-state index >= 15 is 0 Å². The van der Waals surface area contributed by atoms with Gasteiger partial charge in [-0.1, -0.05) is 58.9 Å². The van der Waals surface area contributed by atoms with Gasteiger partial charge in [0.2, 0.25) is 16.0 Å². The number of benzene rings is 2. The first-order valence-electron chi connectivity index (χ1n) is 11.3. The molecule has 2 heterocycles. The number of amides is 1. The van der Waals surface area contributed by atoms with Crippen LogP contribution < -0.4 is 15.5 Å². The summed E-state index contributed by atoms with van der Waals surface area (Å²) in [4.78, 5) is 20.2. The molecule has 0 spiro atoms. The number of imidazole rings is 1. The molecular weight excluding hydrogens is 444 g/mol. The van der Waals surface area contributed by atoms with Gasteiger partial charge >= 0.3 is 0 Å². The quantitative estimate of drug-likeness (QED) is 0.375. The van der Waals surface area contributed by atoms with Crippen LogP contribution in [0.25, 0.3) is 16.2 Å². The Labute approximate surface area is 204 Å². The van der Waals surface area contributed by atoms with E-state index in [1.165, 1.54) is 22.5 Å². The number of hydrogen-bond acceptors (Lipinski definition) is 6. The predicted octanol–water partition coefficient (Wildman–Crippen LogP) is 5.67. The van der Waals surface area contributed by atoms with Gasteiger partial charge in [0, 0.05) is 23.8 Å². The van der Waals surface area contributed by atoms with Crippen molar-refractivity contribution in [2.24, 2.45) is 0 Å². The summed E-state index contributed by atoms with van der Waals surface area (Å²) in [6.45, 7) is 12.6. The molecule has 4 rings (SSSR count). The zero-order valence-electron chi connectivity index (χ0n) is 20.9. The number of anilines is 3. The molecule has 4 aromatic rings. The number of nitrogens with zero attached hydrogens (tertiary/aromatic N) is 4. The van der Waals surface area contributed by atoms with E-state index in [0.717, 1.165) is 38.4 Å². The topological polar surface area (TPSA) is 74.6 Å². The molecule has 8 heteroatoms. The fourth-order valence-corrected chi connectivity index (χ4v) is 4.56. The molecule has 2 aromatic carbocycles. The first-order valence-corrected chi connectivity index (χ1v) is 12.1. The van der Waals surface area contributed by atoms with Gasteiger partial charge < -0.3 is 15.5 Å². The summed E-state index contributed by atoms with van der Waals surface area (Å²) in [6, 6.07) is 14.3. The van der Waals surface area contributed by atoms with Crippen molar-refractivity contribution in [3.63, 3.8) is 0 Å². The van der Waals surface area contributed by atoms with E-state index in [9.17, 15) is 4.79 Å². The largest absolute Gasteiger partial charge is 0.364 e. The number of carbonyl (C=O) groups is 1. The van der Waals surface area contributed by atoms with Gasteiger partial charge in [-0.25, -0.2) is 4.98 Å². The minimum atomic E-state index is -0.170. The smallest absolute Gasteiger partial charge is 0.243 e. The third-order valence-corrected chi connectivity index (χ3v) is 6.40. The van der Waals surface area contributed by atoms with Crippen LogP contribution in [0.3, 0.4) is 0 Å². The maximum absolute atomic E-state index is 12.7. The summed E-state index contributed by atoms with van der Waals surface area (Å²) in [5.41, 5.74) is 5.99. The molecule has 7 nitrogen and oxygen atoms in total. The van der Waals surface area contributed by atoms with Crippen molar-refractivity contribution in [1.29, 1.82) is 0 Å². The van der Waals surface area contributed by atoms with Crippen LogP contribution in [0.4, 0.5) is 16.6 Å². The summed E-state index contributed by atoms with van der Waals surface area (Å²) in [5, 5.41) is 12.1. The first-order chi connectivity index (χ1) is 16.0. The second kappa shape index (κ2) is 9.10. The molecule has 0 radical (unpaired) electrons. The normalized spacial score (nSPS) is 11.6. The van der Waals surface area contributed by atoms with Crippen LogP contribution >= 0.6 is 11.3 Å². The number of nitrogens with one attached hydrogen (secondary N) is 2. The van der Waals surface area contributed by atoms with Crippen molar-refractivity contribution in [3.8, 4) is 11.3 Å². The van der Waals surface area contributed by atoms with E-state index in [1.807, 2.05) is 42.4 Å². The van der Waals surface area contributed by atoms with Crippen LogP contribution in [0.15, 0.2) is 42.5 Å². The maximum atomic E-state index is 12.7. The zero-order valence-corrected chi connectivity index (χ0v) is 21.7. The second-order valence-electron chi connectivity index (χ2n) is 9.85. The van der Waals surface area contributed by atoms with E-state index < -0.39 is 0 Å². The van der Waals surface area contributed by atoms with Gasteiger partial charge in [-0.2, -0.15) is 4.52 Å². The molecular formula is C26H32N6OS. The summed E-state index contributed by atoms with van der Waals surface area (Å²) < 4.78 is 1.85. The van der Waals surface area contributed by atoms with Crippen molar-refractivity contribution < 1.29 is 4.79 Å². The van der Waals surface area contributed by atoms with Crippen LogP contribution in [0.5, 0.6) is 0 Å². The number of hydrogen-bond donors (Lipinski definition) is 2. The lowest BCUT2D eigenvalue weighted by Crippen LogP contribution is -2.30. The first kappa shape index (κ1) is 23.8. The molecule has 34 heavy (non-hydrogen) atoms. The Kier molecular flexibility index (Phi) is 6.36. The van der Waals surface area contributed by atoms with E-state index in [1.54, 1.807) is 0 Å². The number of carbonyl (C=O) groups excluding carboxylic acids is 1. The van der Waals surface area contributed by atoms with Gasteiger partial charge in [0.1, 0.15) is 5.69 Å². The number of fused-ring (bicyclic) bond motifs is 1. The van der Waals surface area contributed by atoms with E-state index in [4.69, 9.17) is 10.1 Å². The molecule has 0 fully saturated rings. The highest BCUT2D eigenvalue weighted by Gasteiger charge is 2.23. The molecule has 0 aliphatic heterocycles. The van der Waals surface area contributed by atoms with Crippen molar-refractivity contribution in [2.45, 2.75) is 47.1 Å². The Bertz CT molecular complexity index is 1330. The minimum absolute atomic E-state index is 0.0873. The summed E-state index contributed by atoms with van der Waals surface area (Å²) in [5.74, 6) is 0.762. The fourth-order valence-electron chi connectivity index (χ4n) is 3.70. The molecule has 0 atom stereocenters. The highest BCUT2D eigenvalue weighted by Crippen LogP contribution is 2.34. The Morgan fingerprint density at radius 2 is 1.74 bits per heavy atom. The average molecular weight is 477 g/mol. The van der Waals surface area contributed by atoms with Crippen molar-refractivity contribution >= 4 is 38.8 Å². The SMILES string of the molecule is Cc1ccc(-c2nc3sc(N(C)CC(=O)Nc4ccc(C)cc4C)nn3c2NC(C)(C)C)cc1. The molecule has 178 valence electrons. The maximum Gasteiger partial charge on any atom is 0.243 e. The molecule has 2 aromatic heterocycles. The molecule has 0 aliphatic carbocycles. The Morgan fingerprint density at radius 3 is 2.38 bits per heavy atom. The van der Waals surface area contributed by atoms with Crippen LogP contribution in [0, 0.1) is 20.8 Å². The van der Waals surface area contributed by atoms with Gasteiger partial charge in [-0.05, 0) is 53.2 Å². The molecule has 0 saturated carbocycles. The lowest BCUT2D eigenvalue weighted by atomic mass is 10.1. The van der Waals surface area contributed by atoms with Crippen LogP contribution in [-0.4, -0.2) is 39.6 Å².